The Labute approximate surface area is 200 Å². The number of nitrogens with zero attached hydrogens (tertiary/aromatic N) is 1. The first-order chi connectivity index (χ1) is 15.8. The van der Waals surface area contributed by atoms with Gasteiger partial charge in [-0.3, -0.25) is 14.6 Å². The molecule has 1 aliphatic rings. The minimum Gasteiger partial charge on any atom is -0.550 e. The first-order valence-electron chi connectivity index (χ1n) is 10.2. The van der Waals surface area contributed by atoms with E-state index in [0.717, 1.165) is 19.5 Å². The lowest BCUT2D eigenvalue weighted by molar-refractivity contribution is -0.306. The van der Waals surface area contributed by atoms with Crippen molar-refractivity contribution in [3.63, 3.8) is 0 Å². The molecular weight excluding hydrogens is 469 g/mol. The highest BCUT2D eigenvalue weighted by atomic mass is 35.5. The van der Waals surface area contributed by atoms with Crippen LogP contribution in [-0.4, -0.2) is 43.4 Å². The van der Waals surface area contributed by atoms with Crippen molar-refractivity contribution in [1.82, 2.24) is 16.0 Å². The number of carboxylic acid groups (broad SMARTS) is 1. The molecule has 0 aromatic heterocycles. The fourth-order valence-electron chi connectivity index (χ4n) is 3.19. The molecule has 1 atom stereocenters. The molecule has 33 heavy (non-hydrogen) atoms. The third-order valence-corrected chi connectivity index (χ3v) is 5.12. The lowest BCUT2D eigenvalue weighted by Crippen LogP contribution is -2.40. The van der Waals surface area contributed by atoms with Crippen LogP contribution < -0.4 is 26.4 Å². The smallest absolute Gasteiger partial charge is 0.251 e. The third kappa shape index (κ3) is 7.65. The summed E-state index contributed by atoms with van der Waals surface area (Å²) in [6.45, 7) is 1.19. The first-order valence-corrected chi connectivity index (χ1v) is 10.9. The maximum atomic E-state index is 12.5. The zero-order valence-corrected chi connectivity index (χ0v) is 19.0. The predicted octanol–water partition coefficient (Wildman–Crippen LogP) is 1.48. The van der Waals surface area contributed by atoms with Crippen molar-refractivity contribution in [3.8, 4) is 0 Å². The topological polar surface area (TPSA) is 135 Å². The summed E-state index contributed by atoms with van der Waals surface area (Å²) in [5, 5.41) is 23.1. The second-order valence-electron chi connectivity index (χ2n) is 7.30. The van der Waals surface area contributed by atoms with Crippen LogP contribution in [0.25, 0.3) is 0 Å². The number of anilines is 1. The van der Waals surface area contributed by atoms with E-state index in [1.165, 1.54) is 18.2 Å². The van der Waals surface area contributed by atoms with E-state index in [1.807, 2.05) is 0 Å². The number of rotatable bonds is 8. The Hall–Kier alpha value is -3.30. The lowest BCUT2D eigenvalue weighted by atomic mass is 10.0. The Morgan fingerprint density at radius 1 is 1.12 bits per heavy atom. The molecule has 9 nitrogen and oxygen atoms in total. The quantitative estimate of drug-likeness (QED) is 0.442. The number of benzene rings is 2. The Morgan fingerprint density at radius 3 is 2.55 bits per heavy atom. The van der Waals surface area contributed by atoms with Gasteiger partial charge in [-0.05, 0) is 48.4 Å². The molecule has 0 radical (unpaired) electrons. The fourth-order valence-corrected chi connectivity index (χ4v) is 3.74. The number of hydrogen-bond acceptors (Lipinski definition) is 7. The van der Waals surface area contributed by atoms with Crippen LogP contribution in [0.5, 0.6) is 0 Å². The molecule has 0 saturated heterocycles. The van der Waals surface area contributed by atoms with Gasteiger partial charge in [0.2, 0.25) is 5.91 Å². The van der Waals surface area contributed by atoms with Crippen molar-refractivity contribution < 1.29 is 19.5 Å². The van der Waals surface area contributed by atoms with E-state index in [0.29, 0.717) is 32.8 Å². The molecule has 11 heteroatoms. The van der Waals surface area contributed by atoms with E-state index < -0.39 is 30.2 Å². The molecule has 1 unspecified atom stereocenters. The molecule has 1 heterocycles. The summed E-state index contributed by atoms with van der Waals surface area (Å²) in [7, 11) is 0. The van der Waals surface area contributed by atoms with Crippen molar-refractivity contribution in [2.24, 2.45) is 4.99 Å². The molecule has 0 aliphatic carbocycles. The molecule has 4 N–H and O–H groups in total. The van der Waals surface area contributed by atoms with Crippen molar-refractivity contribution in [2.75, 3.05) is 25.0 Å². The maximum Gasteiger partial charge on any atom is 0.251 e. The van der Waals surface area contributed by atoms with Gasteiger partial charge in [0.05, 0.1) is 12.6 Å². The van der Waals surface area contributed by atoms with Gasteiger partial charge in [-0.15, -0.1) is 0 Å². The highest BCUT2D eigenvalue weighted by Gasteiger charge is 2.17. The van der Waals surface area contributed by atoms with Gasteiger partial charge in [0, 0.05) is 46.8 Å². The highest BCUT2D eigenvalue weighted by Crippen LogP contribution is 2.25. The summed E-state index contributed by atoms with van der Waals surface area (Å²) in [5.41, 5.74) is 1.43. The highest BCUT2D eigenvalue weighted by molar-refractivity contribution is 6.34. The number of hydrogen-bond donors (Lipinski definition) is 4. The van der Waals surface area contributed by atoms with Crippen molar-refractivity contribution in [3.05, 3.63) is 63.6 Å². The number of halogens is 2. The minimum absolute atomic E-state index is 0.297. The van der Waals surface area contributed by atoms with Crippen LogP contribution in [0.3, 0.4) is 0 Å². The van der Waals surface area contributed by atoms with Gasteiger partial charge in [0.15, 0.2) is 5.96 Å². The molecule has 0 bridgehead atoms. The largest absolute Gasteiger partial charge is 0.550 e. The number of amides is 2. The van der Waals surface area contributed by atoms with Gasteiger partial charge in [0.1, 0.15) is 0 Å². The second kappa shape index (κ2) is 11.5. The molecule has 3 rings (SSSR count). The summed E-state index contributed by atoms with van der Waals surface area (Å²) >= 11 is 12.0. The van der Waals surface area contributed by atoms with Gasteiger partial charge in [0.25, 0.3) is 5.91 Å². The fraction of sp³-hybridized carbons (Fsp3) is 0.273. The molecule has 1 aliphatic heterocycles. The van der Waals surface area contributed by atoms with E-state index in [1.54, 1.807) is 24.3 Å². The number of aliphatic imine (C=N–C) groups is 1. The average Bonchev–Trinajstić information content (AvgIpc) is 2.77. The molecule has 2 amide bonds. The van der Waals surface area contributed by atoms with E-state index in [2.05, 4.69) is 26.3 Å². The molecule has 0 saturated carbocycles. The van der Waals surface area contributed by atoms with Crippen molar-refractivity contribution >= 4 is 52.6 Å². The minimum atomic E-state index is -1.36. The van der Waals surface area contributed by atoms with Gasteiger partial charge < -0.3 is 31.2 Å². The van der Waals surface area contributed by atoms with E-state index in [9.17, 15) is 19.5 Å². The maximum absolute atomic E-state index is 12.5. The van der Waals surface area contributed by atoms with Gasteiger partial charge >= 0.3 is 0 Å². The predicted molar refractivity (Wildman–Crippen MR) is 124 cm³/mol. The zero-order chi connectivity index (χ0) is 23.8. The van der Waals surface area contributed by atoms with Crippen LogP contribution in [0, 0.1) is 0 Å². The van der Waals surface area contributed by atoms with Crippen LogP contribution in [0.2, 0.25) is 10.0 Å². The van der Waals surface area contributed by atoms with E-state index in [4.69, 9.17) is 23.2 Å². The SMILES string of the molecule is O=C([O-])CC(NC(=O)CNC(=O)c1cccc(NC2=NCCCN2)c1)c1cc(Cl)cc(Cl)c1. The Morgan fingerprint density at radius 2 is 1.88 bits per heavy atom. The molecule has 0 spiro atoms. The second-order valence-corrected chi connectivity index (χ2v) is 8.17. The Kier molecular flexibility index (Phi) is 8.51. The molecule has 174 valence electrons. The molecule has 2 aromatic rings. The molecule has 0 fully saturated rings. The van der Waals surface area contributed by atoms with E-state index >= 15 is 0 Å². The number of nitrogens with one attached hydrogen (secondary N) is 4. The van der Waals surface area contributed by atoms with Gasteiger partial charge in [-0.2, -0.15) is 0 Å². The van der Waals surface area contributed by atoms with E-state index in [-0.39, 0.29) is 6.54 Å². The Balaban J connectivity index is 1.59. The summed E-state index contributed by atoms with van der Waals surface area (Å²) in [4.78, 5) is 40.4. The van der Waals surface area contributed by atoms with Gasteiger partial charge in [-0.25, -0.2) is 0 Å². The number of carboxylic acids is 1. The Bertz CT molecular complexity index is 1060. The summed E-state index contributed by atoms with van der Waals surface area (Å²) < 4.78 is 0. The number of carbonyl (C=O) groups is 3. The van der Waals surface area contributed by atoms with Crippen LogP contribution in [0.15, 0.2) is 47.5 Å². The number of carbonyl (C=O) groups excluding carboxylic acids is 3. The first kappa shape index (κ1) is 24.3. The standard InChI is InChI=1S/C22H23Cl2N5O4/c23-15-7-14(8-16(24)10-15)18(11-20(31)32)29-19(30)12-27-21(33)13-3-1-4-17(9-13)28-22-25-5-2-6-26-22/h1,3-4,7-10,18H,2,5-6,11-12H2,(H,27,33)(H,29,30)(H,31,32)(H2,25,26,28)/p-1. The van der Waals surface area contributed by atoms with Crippen molar-refractivity contribution in [2.45, 2.75) is 18.9 Å². The molecule has 2 aromatic carbocycles. The summed E-state index contributed by atoms with van der Waals surface area (Å²) in [5.74, 6) is -1.77. The monoisotopic (exact) mass is 490 g/mol. The van der Waals surface area contributed by atoms with Gasteiger partial charge in [-0.1, -0.05) is 29.3 Å². The third-order valence-electron chi connectivity index (χ3n) is 4.69. The normalized spacial score (nSPS) is 13.8. The molecular formula is C22H22Cl2N5O4-. The van der Waals surface area contributed by atoms with Crippen LogP contribution in [0.4, 0.5) is 5.69 Å². The summed E-state index contributed by atoms with van der Waals surface area (Å²) in [6.07, 6.45) is 0.478. The van der Waals surface area contributed by atoms with Crippen LogP contribution in [-0.2, 0) is 9.59 Å². The lowest BCUT2D eigenvalue weighted by Gasteiger charge is -2.20. The number of aliphatic carboxylic acids is 1. The average molecular weight is 491 g/mol. The van der Waals surface area contributed by atoms with Crippen LogP contribution >= 0.6 is 23.2 Å². The zero-order valence-electron chi connectivity index (χ0n) is 17.5. The summed E-state index contributed by atoms with van der Waals surface area (Å²) in [6, 6.07) is 10.3. The van der Waals surface area contributed by atoms with Crippen LogP contribution in [0.1, 0.15) is 34.8 Å². The number of guanidine groups is 1. The van der Waals surface area contributed by atoms with Crippen molar-refractivity contribution in [1.29, 1.82) is 0 Å².